The molecule has 5 heteroatoms. The molecule has 2 rings (SSSR count). The third kappa shape index (κ3) is 1.64. The van der Waals surface area contributed by atoms with Gasteiger partial charge in [0.1, 0.15) is 11.7 Å². The average Bonchev–Trinajstić information content (AvgIpc) is 2.61. The zero-order valence-corrected chi connectivity index (χ0v) is 8.39. The van der Waals surface area contributed by atoms with E-state index in [4.69, 9.17) is 5.11 Å². The largest absolute Gasteiger partial charge is 0.481 e. The van der Waals surface area contributed by atoms with Crippen molar-refractivity contribution in [3.05, 3.63) is 30.1 Å². The number of hydrogen-bond acceptors (Lipinski definition) is 2. The zero-order valence-electron chi connectivity index (χ0n) is 8.39. The van der Waals surface area contributed by atoms with Crippen LogP contribution in [0.2, 0.25) is 0 Å². The number of carbonyl (C=O) groups is 2. The molecule has 1 fully saturated rings. The molecule has 0 spiro atoms. The van der Waals surface area contributed by atoms with Crippen LogP contribution in [0.25, 0.3) is 0 Å². The van der Waals surface area contributed by atoms with Gasteiger partial charge in [0.05, 0.1) is 5.69 Å². The van der Waals surface area contributed by atoms with Crippen molar-refractivity contribution in [3.8, 4) is 0 Å². The van der Waals surface area contributed by atoms with E-state index in [2.05, 4.69) is 0 Å². The number of para-hydroxylation sites is 1. The maximum absolute atomic E-state index is 13.4. The van der Waals surface area contributed by atoms with Crippen molar-refractivity contribution in [2.24, 2.45) is 5.92 Å². The van der Waals surface area contributed by atoms with Crippen LogP contribution in [0, 0.1) is 11.7 Å². The van der Waals surface area contributed by atoms with E-state index >= 15 is 0 Å². The van der Waals surface area contributed by atoms with Crippen LogP contribution >= 0.6 is 0 Å². The van der Waals surface area contributed by atoms with E-state index in [9.17, 15) is 14.0 Å². The molecule has 1 aliphatic rings. The molecule has 1 aromatic rings. The molecule has 0 aliphatic carbocycles. The maximum atomic E-state index is 13.4. The predicted octanol–water partition coefficient (Wildman–Crippen LogP) is 1.26. The molecule has 1 atom stereocenters. The first-order chi connectivity index (χ1) is 7.61. The second kappa shape index (κ2) is 3.92. The summed E-state index contributed by atoms with van der Waals surface area (Å²) >= 11 is 0. The van der Waals surface area contributed by atoms with E-state index in [1.54, 1.807) is 6.07 Å². The summed E-state index contributed by atoms with van der Waals surface area (Å²) in [5.41, 5.74) is 0.149. The quantitative estimate of drug-likeness (QED) is 0.768. The molecule has 84 valence electrons. The molecule has 1 amide bonds. The van der Waals surface area contributed by atoms with Gasteiger partial charge < -0.3 is 10.0 Å². The minimum absolute atomic E-state index is 0.149. The summed E-state index contributed by atoms with van der Waals surface area (Å²) in [7, 11) is 0. The number of rotatable bonds is 2. The van der Waals surface area contributed by atoms with Crippen molar-refractivity contribution in [2.45, 2.75) is 6.42 Å². The summed E-state index contributed by atoms with van der Waals surface area (Å²) in [6.45, 7) is 0.247. The van der Waals surface area contributed by atoms with Crippen LogP contribution in [-0.2, 0) is 9.59 Å². The molecule has 16 heavy (non-hydrogen) atoms. The van der Waals surface area contributed by atoms with Gasteiger partial charge in [-0.3, -0.25) is 9.59 Å². The number of halogens is 1. The molecule has 0 unspecified atom stereocenters. The highest BCUT2D eigenvalue weighted by atomic mass is 19.1. The first kappa shape index (κ1) is 10.6. The first-order valence-corrected chi connectivity index (χ1v) is 4.90. The first-order valence-electron chi connectivity index (χ1n) is 4.90. The van der Waals surface area contributed by atoms with Crippen molar-refractivity contribution >= 4 is 17.6 Å². The van der Waals surface area contributed by atoms with Crippen molar-refractivity contribution in [2.75, 3.05) is 11.4 Å². The second-order valence-electron chi connectivity index (χ2n) is 3.62. The van der Waals surface area contributed by atoms with Crippen LogP contribution in [0.5, 0.6) is 0 Å². The highest BCUT2D eigenvalue weighted by molar-refractivity contribution is 6.07. The second-order valence-corrected chi connectivity index (χ2v) is 3.62. The van der Waals surface area contributed by atoms with Crippen LogP contribution in [0.3, 0.4) is 0 Å². The summed E-state index contributed by atoms with van der Waals surface area (Å²) in [4.78, 5) is 23.6. The molecule has 0 radical (unpaired) electrons. The number of carboxylic acids is 1. The lowest BCUT2D eigenvalue weighted by molar-refractivity contribution is -0.144. The minimum atomic E-state index is -1.15. The number of amides is 1. The lowest BCUT2D eigenvalue weighted by Gasteiger charge is -2.16. The predicted molar refractivity (Wildman–Crippen MR) is 54.5 cm³/mol. The third-order valence-electron chi connectivity index (χ3n) is 2.65. The SMILES string of the molecule is O=C(O)[C@H]1CCN(c2ccccc2F)C1=O. The fourth-order valence-electron chi connectivity index (χ4n) is 1.82. The van der Waals surface area contributed by atoms with E-state index in [0.29, 0.717) is 0 Å². The van der Waals surface area contributed by atoms with E-state index < -0.39 is 23.6 Å². The highest BCUT2D eigenvalue weighted by Gasteiger charge is 2.38. The Morgan fingerprint density at radius 2 is 2.12 bits per heavy atom. The zero-order chi connectivity index (χ0) is 11.7. The molecule has 0 aromatic heterocycles. The van der Waals surface area contributed by atoms with E-state index in [-0.39, 0.29) is 18.7 Å². The number of carbonyl (C=O) groups excluding carboxylic acids is 1. The summed E-state index contributed by atoms with van der Waals surface area (Å²) in [6, 6.07) is 5.85. The molecular formula is C11H10FNO3. The van der Waals surface area contributed by atoms with Gasteiger partial charge in [0.25, 0.3) is 0 Å². The normalized spacial score (nSPS) is 20.2. The Morgan fingerprint density at radius 3 is 2.69 bits per heavy atom. The van der Waals surface area contributed by atoms with Crippen LogP contribution in [-0.4, -0.2) is 23.5 Å². The smallest absolute Gasteiger partial charge is 0.316 e. The van der Waals surface area contributed by atoms with E-state index in [1.807, 2.05) is 0 Å². The van der Waals surface area contributed by atoms with Crippen LogP contribution in [0.15, 0.2) is 24.3 Å². The summed E-state index contributed by atoms with van der Waals surface area (Å²) < 4.78 is 13.4. The van der Waals surface area contributed by atoms with Crippen molar-refractivity contribution in [3.63, 3.8) is 0 Å². The Bertz CT molecular complexity index is 447. The van der Waals surface area contributed by atoms with Gasteiger partial charge in [-0.25, -0.2) is 4.39 Å². The Kier molecular flexibility index (Phi) is 2.60. The summed E-state index contributed by atoms with van der Waals surface area (Å²) in [5, 5.41) is 8.78. The summed E-state index contributed by atoms with van der Waals surface area (Å²) in [6.07, 6.45) is 0.225. The molecule has 1 aromatic carbocycles. The molecule has 0 bridgehead atoms. The lowest BCUT2D eigenvalue weighted by atomic mass is 10.1. The molecule has 1 N–H and O–H groups in total. The molecular weight excluding hydrogens is 213 g/mol. The number of carboxylic acid groups (broad SMARTS) is 1. The number of aliphatic carboxylic acids is 1. The third-order valence-corrected chi connectivity index (χ3v) is 2.65. The van der Waals surface area contributed by atoms with Gasteiger partial charge in [0.2, 0.25) is 5.91 Å². The number of hydrogen-bond donors (Lipinski definition) is 1. The van der Waals surface area contributed by atoms with Crippen LogP contribution in [0.1, 0.15) is 6.42 Å². The molecule has 1 saturated heterocycles. The average molecular weight is 223 g/mol. The highest BCUT2D eigenvalue weighted by Crippen LogP contribution is 2.27. The number of benzene rings is 1. The standard InChI is InChI=1S/C11H10FNO3/c12-8-3-1-2-4-9(8)13-6-5-7(10(13)14)11(15)16/h1-4,7H,5-6H2,(H,15,16)/t7-/m0/s1. The van der Waals surface area contributed by atoms with Gasteiger partial charge in [-0.1, -0.05) is 12.1 Å². The molecule has 1 aliphatic heterocycles. The summed E-state index contributed by atoms with van der Waals surface area (Å²) in [5.74, 6) is -3.25. The topological polar surface area (TPSA) is 57.6 Å². The van der Waals surface area contributed by atoms with Gasteiger partial charge in [0, 0.05) is 6.54 Å². The Labute approximate surface area is 91.3 Å². The fourth-order valence-corrected chi connectivity index (χ4v) is 1.82. The van der Waals surface area contributed by atoms with Gasteiger partial charge in [0.15, 0.2) is 0 Å². The van der Waals surface area contributed by atoms with Gasteiger partial charge in [-0.05, 0) is 18.6 Å². The van der Waals surface area contributed by atoms with E-state index in [1.165, 1.54) is 23.1 Å². The number of nitrogens with zero attached hydrogens (tertiary/aromatic N) is 1. The van der Waals surface area contributed by atoms with Crippen molar-refractivity contribution in [1.82, 2.24) is 0 Å². The Hall–Kier alpha value is -1.91. The lowest BCUT2D eigenvalue weighted by Crippen LogP contribution is -2.30. The van der Waals surface area contributed by atoms with Crippen LogP contribution in [0.4, 0.5) is 10.1 Å². The maximum Gasteiger partial charge on any atom is 0.316 e. The Balaban J connectivity index is 2.29. The minimum Gasteiger partial charge on any atom is -0.481 e. The van der Waals surface area contributed by atoms with Crippen molar-refractivity contribution < 1.29 is 19.1 Å². The molecule has 4 nitrogen and oxygen atoms in total. The molecule has 1 heterocycles. The van der Waals surface area contributed by atoms with Gasteiger partial charge >= 0.3 is 5.97 Å². The van der Waals surface area contributed by atoms with E-state index in [0.717, 1.165) is 0 Å². The Morgan fingerprint density at radius 1 is 1.44 bits per heavy atom. The molecule has 0 saturated carbocycles. The van der Waals surface area contributed by atoms with Crippen LogP contribution < -0.4 is 4.90 Å². The fraction of sp³-hybridized carbons (Fsp3) is 0.273. The van der Waals surface area contributed by atoms with Gasteiger partial charge in [-0.2, -0.15) is 0 Å². The van der Waals surface area contributed by atoms with Crippen molar-refractivity contribution in [1.29, 1.82) is 0 Å². The van der Waals surface area contributed by atoms with Gasteiger partial charge in [-0.15, -0.1) is 0 Å². The monoisotopic (exact) mass is 223 g/mol. The number of anilines is 1.